The van der Waals surface area contributed by atoms with Crippen molar-refractivity contribution in [3.8, 4) is 5.75 Å². The van der Waals surface area contributed by atoms with Crippen molar-refractivity contribution in [2.45, 2.75) is 58.1 Å². The van der Waals surface area contributed by atoms with E-state index in [1.807, 2.05) is 38.1 Å². The first kappa shape index (κ1) is 13.9. The highest BCUT2D eigenvalue weighted by Gasteiger charge is 2.23. The third-order valence-electron chi connectivity index (χ3n) is 3.66. The van der Waals surface area contributed by atoms with Crippen LogP contribution in [0.1, 0.15) is 44.6 Å². The molecule has 104 valence electrons. The van der Waals surface area contributed by atoms with Crippen LogP contribution >= 0.6 is 0 Å². The molecule has 19 heavy (non-hydrogen) atoms. The van der Waals surface area contributed by atoms with Crippen molar-refractivity contribution in [2.24, 2.45) is 0 Å². The smallest absolute Gasteiger partial charge is 0.261 e. The maximum Gasteiger partial charge on any atom is 0.261 e. The molecular weight excluding hydrogens is 238 g/mol. The molecule has 0 heterocycles. The van der Waals surface area contributed by atoms with Crippen LogP contribution < -0.4 is 10.1 Å². The SMILES string of the molecule is CC[C@@H](Oc1ccc(C)cc1)C(=O)NC1CCCC1. The second-order valence-corrected chi connectivity index (χ2v) is 5.32. The van der Waals surface area contributed by atoms with E-state index in [1.54, 1.807) is 0 Å². The summed E-state index contributed by atoms with van der Waals surface area (Å²) in [6, 6.07) is 8.18. The summed E-state index contributed by atoms with van der Waals surface area (Å²) >= 11 is 0. The summed E-state index contributed by atoms with van der Waals surface area (Å²) in [5, 5.41) is 3.10. The quantitative estimate of drug-likeness (QED) is 0.884. The monoisotopic (exact) mass is 261 g/mol. The lowest BCUT2D eigenvalue weighted by Crippen LogP contribution is -2.42. The Morgan fingerprint density at radius 3 is 2.53 bits per heavy atom. The van der Waals surface area contributed by atoms with Crippen molar-refractivity contribution in [1.82, 2.24) is 5.32 Å². The van der Waals surface area contributed by atoms with Gasteiger partial charge in [-0.2, -0.15) is 0 Å². The molecule has 3 nitrogen and oxygen atoms in total. The molecule has 0 aliphatic heterocycles. The third-order valence-corrected chi connectivity index (χ3v) is 3.66. The number of benzene rings is 1. The lowest BCUT2D eigenvalue weighted by atomic mass is 10.2. The van der Waals surface area contributed by atoms with Gasteiger partial charge in [0.2, 0.25) is 0 Å². The second kappa shape index (κ2) is 6.60. The van der Waals surface area contributed by atoms with Gasteiger partial charge in [0.25, 0.3) is 5.91 Å². The van der Waals surface area contributed by atoms with E-state index in [1.165, 1.54) is 18.4 Å². The zero-order valence-corrected chi connectivity index (χ0v) is 11.8. The number of carbonyl (C=O) groups is 1. The highest BCUT2D eigenvalue weighted by Crippen LogP contribution is 2.19. The molecular formula is C16H23NO2. The summed E-state index contributed by atoms with van der Waals surface area (Å²) in [6.45, 7) is 4.01. The van der Waals surface area contributed by atoms with Crippen LogP contribution in [0.4, 0.5) is 0 Å². The van der Waals surface area contributed by atoms with Crippen molar-refractivity contribution >= 4 is 5.91 Å². The number of carbonyl (C=O) groups excluding carboxylic acids is 1. The first-order chi connectivity index (χ1) is 9.19. The fraction of sp³-hybridized carbons (Fsp3) is 0.562. The van der Waals surface area contributed by atoms with Crippen molar-refractivity contribution in [1.29, 1.82) is 0 Å². The second-order valence-electron chi connectivity index (χ2n) is 5.32. The van der Waals surface area contributed by atoms with Gasteiger partial charge in [-0.15, -0.1) is 0 Å². The maximum absolute atomic E-state index is 12.2. The lowest BCUT2D eigenvalue weighted by Gasteiger charge is -2.20. The Morgan fingerprint density at radius 1 is 1.32 bits per heavy atom. The fourth-order valence-electron chi connectivity index (χ4n) is 2.47. The molecule has 1 aromatic rings. The summed E-state index contributed by atoms with van der Waals surface area (Å²) in [7, 11) is 0. The van der Waals surface area contributed by atoms with E-state index in [-0.39, 0.29) is 12.0 Å². The standard InChI is InChI=1S/C16H23NO2/c1-3-15(16(18)17-13-6-4-5-7-13)19-14-10-8-12(2)9-11-14/h8-11,13,15H,3-7H2,1-2H3,(H,17,18)/t15-/m1/s1. The average molecular weight is 261 g/mol. The fourth-order valence-corrected chi connectivity index (χ4v) is 2.47. The van der Waals surface area contributed by atoms with Crippen molar-refractivity contribution in [3.05, 3.63) is 29.8 Å². The Labute approximate surface area is 115 Å². The number of rotatable bonds is 5. The molecule has 1 amide bonds. The van der Waals surface area contributed by atoms with Gasteiger partial charge in [0, 0.05) is 6.04 Å². The van der Waals surface area contributed by atoms with E-state index < -0.39 is 0 Å². The Bertz CT molecular complexity index is 407. The molecule has 1 atom stereocenters. The molecule has 0 unspecified atom stereocenters. The average Bonchev–Trinajstić information content (AvgIpc) is 2.90. The van der Waals surface area contributed by atoms with E-state index >= 15 is 0 Å². The van der Waals surface area contributed by atoms with Crippen LogP contribution in [0.5, 0.6) is 5.75 Å². The Kier molecular flexibility index (Phi) is 4.83. The number of hydrogen-bond donors (Lipinski definition) is 1. The van der Waals surface area contributed by atoms with E-state index in [0.29, 0.717) is 12.5 Å². The van der Waals surface area contributed by atoms with E-state index in [0.717, 1.165) is 18.6 Å². The number of hydrogen-bond acceptors (Lipinski definition) is 2. The minimum atomic E-state index is -0.386. The van der Waals surface area contributed by atoms with Crippen LogP contribution in [0.2, 0.25) is 0 Å². The third kappa shape index (κ3) is 3.98. The molecule has 1 saturated carbocycles. The molecule has 1 aromatic carbocycles. The van der Waals surface area contributed by atoms with Gasteiger partial charge in [-0.05, 0) is 38.3 Å². The molecule has 3 heteroatoms. The largest absolute Gasteiger partial charge is 0.481 e. The molecule has 0 aromatic heterocycles. The zero-order valence-electron chi connectivity index (χ0n) is 11.8. The normalized spacial score (nSPS) is 17.2. The predicted octanol–water partition coefficient (Wildman–Crippen LogP) is 3.21. The Balaban J connectivity index is 1.91. The molecule has 1 N–H and O–H groups in total. The summed E-state index contributed by atoms with van der Waals surface area (Å²) in [4.78, 5) is 12.2. The van der Waals surface area contributed by atoms with Gasteiger partial charge >= 0.3 is 0 Å². The number of aryl methyl sites for hydroxylation is 1. The van der Waals surface area contributed by atoms with E-state index in [2.05, 4.69) is 5.32 Å². The summed E-state index contributed by atoms with van der Waals surface area (Å²) in [5.41, 5.74) is 1.19. The van der Waals surface area contributed by atoms with E-state index in [4.69, 9.17) is 4.74 Å². The minimum Gasteiger partial charge on any atom is -0.481 e. The number of amides is 1. The minimum absolute atomic E-state index is 0.0231. The maximum atomic E-state index is 12.2. The van der Waals surface area contributed by atoms with Gasteiger partial charge in [0.15, 0.2) is 6.10 Å². The van der Waals surface area contributed by atoms with Crippen LogP contribution in [0.25, 0.3) is 0 Å². The van der Waals surface area contributed by atoms with Gasteiger partial charge in [-0.25, -0.2) is 0 Å². The summed E-state index contributed by atoms with van der Waals surface area (Å²) in [5.74, 6) is 0.786. The van der Waals surface area contributed by atoms with Crippen LogP contribution in [-0.2, 0) is 4.79 Å². The Morgan fingerprint density at radius 2 is 1.95 bits per heavy atom. The van der Waals surface area contributed by atoms with Gasteiger partial charge < -0.3 is 10.1 Å². The molecule has 1 aliphatic rings. The van der Waals surface area contributed by atoms with Gasteiger partial charge in [-0.3, -0.25) is 4.79 Å². The lowest BCUT2D eigenvalue weighted by molar-refractivity contribution is -0.128. The molecule has 0 bridgehead atoms. The van der Waals surface area contributed by atoms with E-state index in [9.17, 15) is 4.79 Å². The molecule has 0 spiro atoms. The van der Waals surface area contributed by atoms with Gasteiger partial charge in [0.05, 0.1) is 0 Å². The Hall–Kier alpha value is -1.51. The molecule has 1 fully saturated rings. The molecule has 2 rings (SSSR count). The molecule has 1 aliphatic carbocycles. The van der Waals surface area contributed by atoms with Gasteiger partial charge in [-0.1, -0.05) is 37.5 Å². The zero-order chi connectivity index (χ0) is 13.7. The van der Waals surface area contributed by atoms with Crippen molar-refractivity contribution in [3.63, 3.8) is 0 Å². The van der Waals surface area contributed by atoms with Crippen LogP contribution in [-0.4, -0.2) is 18.1 Å². The first-order valence-electron chi connectivity index (χ1n) is 7.22. The van der Waals surface area contributed by atoms with Crippen LogP contribution in [0.3, 0.4) is 0 Å². The molecule has 0 radical (unpaired) electrons. The predicted molar refractivity (Wildman–Crippen MR) is 76.3 cm³/mol. The van der Waals surface area contributed by atoms with Crippen molar-refractivity contribution < 1.29 is 9.53 Å². The molecule has 0 saturated heterocycles. The first-order valence-corrected chi connectivity index (χ1v) is 7.22. The topological polar surface area (TPSA) is 38.3 Å². The summed E-state index contributed by atoms with van der Waals surface area (Å²) < 4.78 is 5.78. The number of ether oxygens (including phenoxy) is 1. The van der Waals surface area contributed by atoms with Gasteiger partial charge in [0.1, 0.15) is 5.75 Å². The number of nitrogens with one attached hydrogen (secondary N) is 1. The van der Waals surface area contributed by atoms with Crippen LogP contribution in [0, 0.1) is 6.92 Å². The summed E-state index contributed by atoms with van der Waals surface area (Å²) in [6.07, 6.45) is 4.95. The van der Waals surface area contributed by atoms with Crippen molar-refractivity contribution in [2.75, 3.05) is 0 Å². The highest BCUT2D eigenvalue weighted by atomic mass is 16.5. The van der Waals surface area contributed by atoms with Crippen LogP contribution in [0.15, 0.2) is 24.3 Å². The highest BCUT2D eigenvalue weighted by molar-refractivity contribution is 5.81.